The average Bonchev–Trinajstić information content (AvgIpc) is 2.89. The minimum absolute atomic E-state index is 0.408. The maximum Gasteiger partial charge on any atom is 0.347 e. The van der Waals surface area contributed by atoms with Gasteiger partial charge in [0.25, 0.3) is 0 Å². The predicted molar refractivity (Wildman–Crippen MR) is 87.3 cm³/mol. The second-order valence-electron chi connectivity index (χ2n) is 5.24. The van der Waals surface area contributed by atoms with Crippen molar-refractivity contribution in [3.8, 4) is 11.4 Å². The molecule has 5 heteroatoms. The number of rotatable bonds is 1. The van der Waals surface area contributed by atoms with E-state index >= 15 is 0 Å². The quantitative estimate of drug-likeness (QED) is 0.533. The zero-order valence-electron chi connectivity index (χ0n) is 11.7. The van der Waals surface area contributed by atoms with Crippen molar-refractivity contribution in [2.45, 2.75) is 6.92 Å². The molecule has 0 radical (unpaired) electrons. The van der Waals surface area contributed by atoms with Gasteiger partial charge < -0.3 is 9.40 Å². The lowest BCUT2D eigenvalue weighted by molar-refractivity contribution is 0.563. The molecule has 108 valence electrons. The molecule has 0 saturated heterocycles. The van der Waals surface area contributed by atoms with E-state index in [1.807, 2.05) is 25.1 Å². The van der Waals surface area contributed by atoms with E-state index in [0.717, 1.165) is 22.0 Å². The number of aromatic amines is 1. The summed E-state index contributed by atoms with van der Waals surface area (Å²) in [5.41, 5.74) is 3.20. The van der Waals surface area contributed by atoms with Gasteiger partial charge in [0.05, 0.1) is 11.0 Å². The maximum absolute atomic E-state index is 12.2. The molecule has 0 saturated carbocycles. The summed E-state index contributed by atoms with van der Waals surface area (Å²) in [6.45, 7) is 1.99. The van der Waals surface area contributed by atoms with Gasteiger partial charge in [-0.2, -0.15) is 0 Å². The lowest BCUT2D eigenvalue weighted by Crippen LogP contribution is -2.03. The number of nitrogens with one attached hydrogen (secondary N) is 1. The smallest absolute Gasteiger partial charge is 0.347 e. The summed E-state index contributed by atoms with van der Waals surface area (Å²) in [7, 11) is 0. The lowest BCUT2D eigenvalue weighted by atomic mass is 10.1. The first kappa shape index (κ1) is 13.1. The second-order valence-corrected chi connectivity index (χ2v) is 5.67. The molecule has 0 unspecified atom stereocenters. The van der Waals surface area contributed by atoms with Crippen molar-refractivity contribution < 1.29 is 4.42 Å². The topological polar surface area (TPSA) is 58.9 Å². The van der Waals surface area contributed by atoms with Gasteiger partial charge in [0.15, 0.2) is 0 Å². The van der Waals surface area contributed by atoms with Crippen LogP contribution in [0.1, 0.15) is 5.56 Å². The SMILES string of the molecule is Cc1ccc2oc(=O)c(-c3nc4ccc(Cl)cc4[nH]3)cc2c1. The Morgan fingerprint density at radius 1 is 1.14 bits per heavy atom. The zero-order valence-corrected chi connectivity index (χ0v) is 12.4. The molecule has 2 aromatic carbocycles. The van der Waals surface area contributed by atoms with Gasteiger partial charge in [-0.25, -0.2) is 9.78 Å². The fourth-order valence-electron chi connectivity index (χ4n) is 2.52. The van der Waals surface area contributed by atoms with Crippen LogP contribution in [0.25, 0.3) is 33.4 Å². The van der Waals surface area contributed by atoms with E-state index in [4.69, 9.17) is 16.0 Å². The Bertz CT molecular complexity index is 1080. The number of hydrogen-bond acceptors (Lipinski definition) is 3. The van der Waals surface area contributed by atoms with Gasteiger partial charge in [0.1, 0.15) is 17.0 Å². The number of H-pyrrole nitrogens is 1. The van der Waals surface area contributed by atoms with Gasteiger partial charge in [-0.1, -0.05) is 23.2 Å². The van der Waals surface area contributed by atoms with Crippen LogP contribution in [0.4, 0.5) is 0 Å². The third kappa shape index (κ3) is 2.09. The summed E-state index contributed by atoms with van der Waals surface area (Å²) in [6.07, 6.45) is 0. The van der Waals surface area contributed by atoms with E-state index < -0.39 is 5.63 Å². The minimum atomic E-state index is -0.415. The molecule has 4 aromatic rings. The van der Waals surface area contributed by atoms with Crippen molar-refractivity contribution in [2.75, 3.05) is 0 Å². The summed E-state index contributed by atoms with van der Waals surface area (Å²) >= 11 is 5.97. The maximum atomic E-state index is 12.2. The van der Waals surface area contributed by atoms with Crippen LogP contribution in [0.5, 0.6) is 0 Å². The van der Waals surface area contributed by atoms with Crippen LogP contribution < -0.4 is 5.63 Å². The molecule has 22 heavy (non-hydrogen) atoms. The van der Waals surface area contributed by atoms with Crippen LogP contribution in [0, 0.1) is 6.92 Å². The summed E-state index contributed by atoms with van der Waals surface area (Å²) in [5.74, 6) is 0.481. The normalized spacial score (nSPS) is 11.4. The van der Waals surface area contributed by atoms with Crippen LogP contribution in [0.15, 0.2) is 51.7 Å². The fourth-order valence-corrected chi connectivity index (χ4v) is 2.69. The standard InChI is InChI=1S/C17H11ClN2O2/c1-9-2-5-15-10(6-9)7-12(17(21)22-15)16-19-13-4-3-11(18)8-14(13)20-16/h2-8H,1H3,(H,19,20). The van der Waals surface area contributed by atoms with Gasteiger partial charge in [0, 0.05) is 10.4 Å². The Hall–Kier alpha value is -2.59. The Kier molecular flexibility index (Phi) is 2.81. The van der Waals surface area contributed by atoms with Crippen LogP contribution in [0.3, 0.4) is 0 Å². The average molecular weight is 311 g/mol. The molecule has 0 aliphatic carbocycles. The van der Waals surface area contributed by atoms with Crippen molar-refractivity contribution in [1.82, 2.24) is 9.97 Å². The lowest BCUT2D eigenvalue weighted by Gasteiger charge is -2.00. The molecule has 0 bridgehead atoms. The van der Waals surface area contributed by atoms with E-state index in [9.17, 15) is 4.79 Å². The first-order valence-corrected chi connectivity index (χ1v) is 7.18. The summed E-state index contributed by atoms with van der Waals surface area (Å²) < 4.78 is 5.38. The molecule has 0 spiro atoms. The van der Waals surface area contributed by atoms with Crippen molar-refractivity contribution in [3.05, 3.63) is 63.5 Å². The number of imidazole rings is 1. The Balaban J connectivity index is 1.98. The number of fused-ring (bicyclic) bond motifs is 2. The van der Waals surface area contributed by atoms with Crippen LogP contribution >= 0.6 is 11.6 Å². The van der Waals surface area contributed by atoms with Gasteiger partial charge >= 0.3 is 5.63 Å². The highest BCUT2D eigenvalue weighted by Crippen LogP contribution is 2.24. The number of halogens is 1. The Morgan fingerprint density at radius 2 is 2.00 bits per heavy atom. The minimum Gasteiger partial charge on any atom is -0.422 e. The third-order valence-electron chi connectivity index (χ3n) is 3.59. The van der Waals surface area contributed by atoms with Gasteiger partial charge in [-0.3, -0.25) is 0 Å². The van der Waals surface area contributed by atoms with E-state index in [-0.39, 0.29) is 0 Å². The molecule has 0 atom stereocenters. The first-order chi connectivity index (χ1) is 10.6. The molecule has 2 aromatic heterocycles. The molecule has 2 heterocycles. The summed E-state index contributed by atoms with van der Waals surface area (Å²) in [5, 5.41) is 1.48. The van der Waals surface area contributed by atoms with Crippen LogP contribution in [-0.2, 0) is 0 Å². The zero-order chi connectivity index (χ0) is 15.3. The molecule has 0 aliphatic rings. The third-order valence-corrected chi connectivity index (χ3v) is 3.82. The number of nitrogens with zero attached hydrogens (tertiary/aromatic N) is 1. The van der Waals surface area contributed by atoms with Crippen molar-refractivity contribution in [1.29, 1.82) is 0 Å². The van der Waals surface area contributed by atoms with Gasteiger partial charge in [0.2, 0.25) is 0 Å². The Morgan fingerprint density at radius 3 is 2.86 bits per heavy atom. The number of hydrogen-bond donors (Lipinski definition) is 1. The molecule has 0 amide bonds. The molecule has 1 N–H and O–H groups in total. The number of benzene rings is 2. The molecule has 4 rings (SSSR count). The second kappa shape index (κ2) is 4.71. The highest BCUT2D eigenvalue weighted by atomic mass is 35.5. The molecule has 0 aliphatic heterocycles. The van der Waals surface area contributed by atoms with Crippen molar-refractivity contribution in [2.24, 2.45) is 0 Å². The highest BCUT2D eigenvalue weighted by molar-refractivity contribution is 6.31. The van der Waals surface area contributed by atoms with E-state index in [2.05, 4.69) is 9.97 Å². The summed E-state index contributed by atoms with van der Waals surface area (Å²) in [6, 6.07) is 12.8. The molecular formula is C17H11ClN2O2. The fraction of sp³-hybridized carbons (Fsp3) is 0.0588. The number of aryl methyl sites for hydroxylation is 1. The van der Waals surface area contributed by atoms with E-state index in [1.54, 1.807) is 24.3 Å². The van der Waals surface area contributed by atoms with Gasteiger partial charge in [-0.05, 0) is 43.3 Å². The van der Waals surface area contributed by atoms with Gasteiger partial charge in [-0.15, -0.1) is 0 Å². The van der Waals surface area contributed by atoms with Crippen LogP contribution in [0.2, 0.25) is 5.02 Å². The molecule has 4 nitrogen and oxygen atoms in total. The highest BCUT2D eigenvalue weighted by Gasteiger charge is 2.12. The predicted octanol–water partition coefficient (Wildman–Crippen LogP) is 4.30. The monoisotopic (exact) mass is 310 g/mol. The van der Waals surface area contributed by atoms with Crippen molar-refractivity contribution in [3.63, 3.8) is 0 Å². The van der Waals surface area contributed by atoms with Crippen LogP contribution in [-0.4, -0.2) is 9.97 Å². The largest absolute Gasteiger partial charge is 0.422 e. The van der Waals surface area contributed by atoms with E-state index in [0.29, 0.717) is 22.0 Å². The first-order valence-electron chi connectivity index (χ1n) is 6.80. The number of aromatic nitrogens is 2. The summed E-state index contributed by atoms with van der Waals surface area (Å²) in [4.78, 5) is 19.8. The molecule has 0 fully saturated rings. The Labute approximate surface area is 130 Å². The molecular weight excluding hydrogens is 300 g/mol. The van der Waals surface area contributed by atoms with Crippen molar-refractivity contribution >= 4 is 33.6 Å². The van der Waals surface area contributed by atoms with E-state index in [1.165, 1.54) is 0 Å².